The summed E-state index contributed by atoms with van der Waals surface area (Å²) >= 11 is 5.85. The lowest BCUT2D eigenvalue weighted by Crippen LogP contribution is -2.46. The standard InChI is InChI=1S/C13H18ClN3O3/c1-2-20-13(19)17(7-6-15)12(18)16-9-10-4-3-5-11(14)8-10/h3-5,8H,2,6-7,9,15H2,1H3,(H,16,18). The van der Waals surface area contributed by atoms with Crippen LogP contribution in [0.3, 0.4) is 0 Å². The molecular formula is C13H18ClN3O3. The fraction of sp³-hybridized carbons (Fsp3) is 0.385. The van der Waals surface area contributed by atoms with E-state index in [0.717, 1.165) is 10.5 Å². The van der Waals surface area contributed by atoms with Gasteiger partial charge in [-0.3, -0.25) is 0 Å². The number of benzene rings is 1. The number of nitrogens with one attached hydrogen (secondary N) is 1. The summed E-state index contributed by atoms with van der Waals surface area (Å²) in [6.45, 7) is 2.40. The number of hydrogen-bond acceptors (Lipinski definition) is 4. The Labute approximate surface area is 122 Å². The average Bonchev–Trinajstić information content (AvgIpc) is 2.42. The first-order chi connectivity index (χ1) is 9.58. The highest BCUT2D eigenvalue weighted by Gasteiger charge is 2.21. The molecule has 0 aliphatic carbocycles. The van der Waals surface area contributed by atoms with Crippen LogP contribution in [0.25, 0.3) is 0 Å². The van der Waals surface area contributed by atoms with Gasteiger partial charge in [-0.15, -0.1) is 0 Å². The molecule has 0 aliphatic rings. The van der Waals surface area contributed by atoms with Crippen molar-refractivity contribution >= 4 is 23.7 Å². The molecule has 3 N–H and O–H groups in total. The predicted octanol–water partition coefficient (Wildman–Crippen LogP) is 1.97. The van der Waals surface area contributed by atoms with Crippen molar-refractivity contribution in [1.82, 2.24) is 10.2 Å². The highest BCUT2D eigenvalue weighted by atomic mass is 35.5. The Bertz CT molecular complexity index is 468. The van der Waals surface area contributed by atoms with Gasteiger partial charge in [0.1, 0.15) is 0 Å². The van der Waals surface area contributed by atoms with Crippen molar-refractivity contribution in [1.29, 1.82) is 0 Å². The maximum absolute atomic E-state index is 11.9. The Balaban J connectivity index is 2.59. The second-order valence-electron chi connectivity index (χ2n) is 3.93. The molecule has 3 amide bonds. The highest BCUT2D eigenvalue weighted by Crippen LogP contribution is 2.10. The summed E-state index contributed by atoms with van der Waals surface area (Å²) < 4.78 is 4.80. The van der Waals surface area contributed by atoms with E-state index in [1.54, 1.807) is 25.1 Å². The molecule has 0 radical (unpaired) electrons. The zero-order valence-corrected chi connectivity index (χ0v) is 12.0. The minimum Gasteiger partial charge on any atom is -0.449 e. The molecule has 0 saturated heterocycles. The number of rotatable bonds is 5. The minimum atomic E-state index is -0.707. The van der Waals surface area contributed by atoms with Crippen molar-refractivity contribution in [2.45, 2.75) is 13.5 Å². The third-order valence-electron chi connectivity index (χ3n) is 2.42. The van der Waals surface area contributed by atoms with Crippen molar-refractivity contribution in [2.75, 3.05) is 19.7 Å². The van der Waals surface area contributed by atoms with Crippen LogP contribution < -0.4 is 11.1 Å². The lowest BCUT2D eigenvalue weighted by Gasteiger charge is -2.19. The summed E-state index contributed by atoms with van der Waals surface area (Å²) in [6, 6.07) is 6.54. The van der Waals surface area contributed by atoms with E-state index in [1.165, 1.54) is 0 Å². The van der Waals surface area contributed by atoms with Crippen molar-refractivity contribution in [3.8, 4) is 0 Å². The summed E-state index contributed by atoms with van der Waals surface area (Å²) in [4.78, 5) is 24.5. The number of carbonyl (C=O) groups is 2. The fourth-order valence-corrected chi connectivity index (χ4v) is 1.74. The molecule has 0 spiro atoms. The summed E-state index contributed by atoms with van der Waals surface area (Å²) in [6.07, 6.45) is -0.707. The number of nitrogens with two attached hydrogens (primary N) is 1. The van der Waals surface area contributed by atoms with Gasteiger partial charge in [-0.1, -0.05) is 23.7 Å². The number of imide groups is 1. The maximum atomic E-state index is 11.9. The first kappa shape index (κ1) is 16.3. The zero-order chi connectivity index (χ0) is 15.0. The smallest absolute Gasteiger partial charge is 0.418 e. The molecule has 20 heavy (non-hydrogen) atoms. The minimum absolute atomic E-state index is 0.0974. The molecule has 7 heteroatoms. The van der Waals surface area contributed by atoms with E-state index in [2.05, 4.69) is 5.32 Å². The van der Waals surface area contributed by atoms with Crippen molar-refractivity contribution < 1.29 is 14.3 Å². The Hall–Kier alpha value is -1.79. The quantitative estimate of drug-likeness (QED) is 0.870. The second kappa shape index (κ2) is 8.39. The van der Waals surface area contributed by atoms with Gasteiger partial charge in [0.25, 0.3) is 0 Å². The molecule has 1 rings (SSSR count). The largest absolute Gasteiger partial charge is 0.449 e. The Morgan fingerprint density at radius 2 is 2.20 bits per heavy atom. The van der Waals surface area contributed by atoms with E-state index in [-0.39, 0.29) is 26.2 Å². The fourth-order valence-electron chi connectivity index (χ4n) is 1.53. The number of carbonyl (C=O) groups excluding carboxylic acids is 2. The van der Waals surface area contributed by atoms with Crippen LogP contribution in [-0.2, 0) is 11.3 Å². The van der Waals surface area contributed by atoms with Crippen LogP contribution in [0.1, 0.15) is 12.5 Å². The third-order valence-corrected chi connectivity index (χ3v) is 2.65. The SMILES string of the molecule is CCOC(=O)N(CCN)C(=O)NCc1cccc(Cl)c1. The molecule has 0 heterocycles. The number of halogens is 1. The number of amides is 3. The number of hydrogen-bond donors (Lipinski definition) is 2. The van der Waals surface area contributed by atoms with Crippen LogP contribution in [0.5, 0.6) is 0 Å². The zero-order valence-electron chi connectivity index (χ0n) is 11.3. The van der Waals surface area contributed by atoms with E-state index in [9.17, 15) is 9.59 Å². The lowest BCUT2D eigenvalue weighted by molar-refractivity contribution is 0.115. The lowest BCUT2D eigenvalue weighted by atomic mass is 10.2. The van der Waals surface area contributed by atoms with E-state index in [0.29, 0.717) is 5.02 Å². The molecule has 0 aliphatic heterocycles. The Kier molecular flexibility index (Phi) is 6.83. The summed E-state index contributed by atoms with van der Waals surface area (Å²) in [7, 11) is 0. The van der Waals surface area contributed by atoms with Gasteiger partial charge in [0, 0.05) is 24.7 Å². The van der Waals surface area contributed by atoms with Crippen molar-refractivity contribution in [3.05, 3.63) is 34.9 Å². The monoisotopic (exact) mass is 299 g/mol. The summed E-state index contributed by atoms with van der Waals surface area (Å²) in [5, 5.41) is 3.21. The van der Waals surface area contributed by atoms with Gasteiger partial charge in [-0.25, -0.2) is 14.5 Å². The molecule has 6 nitrogen and oxygen atoms in total. The Morgan fingerprint density at radius 1 is 1.45 bits per heavy atom. The third kappa shape index (κ3) is 5.07. The second-order valence-corrected chi connectivity index (χ2v) is 4.36. The summed E-state index contributed by atoms with van der Waals surface area (Å²) in [5.41, 5.74) is 6.22. The average molecular weight is 300 g/mol. The van der Waals surface area contributed by atoms with Crippen LogP contribution in [0.2, 0.25) is 5.02 Å². The van der Waals surface area contributed by atoms with Crippen molar-refractivity contribution in [3.63, 3.8) is 0 Å². The van der Waals surface area contributed by atoms with Gasteiger partial charge >= 0.3 is 12.1 Å². The van der Waals surface area contributed by atoms with Crippen LogP contribution in [0.15, 0.2) is 24.3 Å². The number of ether oxygens (including phenoxy) is 1. The van der Waals surface area contributed by atoms with E-state index >= 15 is 0 Å². The van der Waals surface area contributed by atoms with Crippen LogP contribution in [0, 0.1) is 0 Å². The number of urea groups is 1. The summed E-state index contributed by atoms with van der Waals surface area (Å²) in [5.74, 6) is 0. The van der Waals surface area contributed by atoms with E-state index in [4.69, 9.17) is 22.1 Å². The molecule has 1 aromatic carbocycles. The van der Waals surface area contributed by atoms with Gasteiger partial charge in [0.05, 0.1) is 6.61 Å². The Morgan fingerprint density at radius 3 is 2.80 bits per heavy atom. The molecule has 110 valence electrons. The van der Waals surface area contributed by atoms with Gasteiger partial charge in [0.2, 0.25) is 0 Å². The molecular weight excluding hydrogens is 282 g/mol. The van der Waals surface area contributed by atoms with Crippen LogP contribution >= 0.6 is 11.6 Å². The van der Waals surface area contributed by atoms with Gasteiger partial charge in [0.15, 0.2) is 0 Å². The molecule has 0 saturated carbocycles. The number of nitrogens with zero attached hydrogens (tertiary/aromatic N) is 1. The van der Waals surface area contributed by atoms with E-state index in [1.807, 2.05) is 6.07 Å². The van der Waals surface area contributed by atoms with Gasteiger partial charge < -0.3 is 15.8 Å². The van der Waals surface area contributed by atoms with Gasteiger partial charge in [-0.05, 0) is 24.6 Å². The van der Waals surface area contributed by atoms with Crippen LogP contribution in [-0.4, -0.2) is 36.7 Å². The van der Waals surface area contributed by atoms with Gasteiger partial charge in [-0.2, -0.15) is 0 Å². The molecule has 0 aromatic heterocycles. The highest BCUT2D eigenvalue weighted by molar-refractivity contribution is 6.30. The normalized spacial score (nSPS) is 9.95. The molecule has 0 unspecified atom stereocenters. The van der Waals surface area contributed by atoms with Crippen LogP contribution in [0.4, 0.5) is 9.59 Å². The molecule has 1 aromatic rings. The first-order valence-corrected chi connectivity index (χ1v) is 6.63. The van der Waals surface area contributed by atoms with Crippen molar-refractivity contribution in [2.24, 2.45) is 5.73 Å². The molecule has 0 bridgehead atoms. The first-order valence-electron chi connectivity index (χ1n) is 6.25. The maximum Gasteiger partial charge on any atom is 0.418 e. The predicted molar refractivity (Wildman–Crippen MR) is 76.5 cm³/mol. The van der Waals surface area contributed by atoms with E-state index < -0.39 is 12.1 Å². The molecule has 0 atom stereocenters. The molecule has 0 fully saturated rings. The topological polar surface area (TPSA) is 84.7 Å².